The van der Waals surface area contributed by atoms with E-state index in [1.54, 1.807) is 12.1 Å². The second-order valence-corrected chi connectivity index (χ2v) is 11.5. The molecule has 1 aliphatic heterocycles. The Morgan fingerprint density at radius 1 is 0.925 bits per heavy atom. The van der Waals surface area contributed by atoms with Crippen molar-refractivity contribution in [3.8, 4) is 0 Å². The van der Waals surface area contributed by atoms with E-state index in [4.69, 9.17) is 40.0 Å². The molecule has 3 rings (SSSR count). The summed E-state index contributed by atoms with van der Waals surface area (Å²) >= 11 is 10.9. The molecule has 1 aliphatic rings. The Labute approximate surface area is 247 Å². The van der Waals surface area contributed by atoms with Gasteiger partial charge in [-0.05, 0) is 40.2 Å². The first-order valence-electron chi connectivity index (χ1n) is 11.8. The van der Waals surface area contributed by atoms with Crippen LogP contribution < -0.4 is 0 Å². The summed E-state index contributed by atoms with van der Waals surface area (Å²) in [5.74, 6) is -5.50. The van der Waals surface area contributed by atoms with Crippen molar-refractivity contribution in [2.24, 2.45) is 0 Å². The number of esters is 4. The molecule has 216 valence electrons. The second-order valence-electron chi connectivity index (χ2n) is 8.64. The summed E-state index contributed by atoms with van der Waals surface area (Å²) in [5, 5.41) is 0.121. The van der Waals surface area contributed by atoms with Crippen LogP contribution in [0.5, 0.6) is 0 Å². The summed E-state index contributed by atoms with van der Waals surface area (Å²) in [6, 6.07) is 7.65. The van der Waals surface area contributed by atoms with Gasteiger partial charge < -0.3 is 28.4 Å². The number of methoxy groups -OCH3 is 1. The van der Waals surface area contributed by atoms with Crippen LogP contribution in [0.4, 0.5) is 0 Å². The first-order chi connectivity index (χ1) is 18.8. The van der Waals surface area contributed by atoms with Crippen molar-refractivity contribution in [1.29, 1.82) is 0 Å². The fourth-order valence-electron chi connectivity index (χ4n) is 4.27. The number of halogens is 2. The molecule has 0 radical (unpaired) electrons. The van der Waals surface area contributed by atoms with Gasteiger partial charge >= 0.3 is 23.9 Å². The quantitative estimate of drug-likeness (QED) is 0.219. The summed E-state index contributed by atoms with van der Waals surface area (Å²) in [6.45, 7) is 4.05. The Hall–Kier alpha value is -2.84. The van der Waals surface area contributed by atoms with E-state index in [-0.39, 0.29) is 16.1 Å². The van der Waals surface area contributed by atoms with Crippen LogP contribution in [0.3, 0.4) is 0 Å². The average molecular weight is 662 g/mol. The van der Waals surface area contributed by atoms with Crippen molar-refractivity contribution in [3.63, 3.8) is 0 Å². The number of hydrogen-bond donors (Lipinski definition) is 0. The molecule has 2 aromatic rings. The smallest absolute Gasteiger partial charge is 0.303 e. The fourth-order valence-corrected chi connectivity index (χ4v) is 5.81. The van der Waals surface area contributed by atoms with E-state index < -0.39 is 66.5 Å². The molecule has 0 bridgehead atoms. The molecule has 0 saturated carbocycles. The minimum absolute atomic E-state index is 0.0813. The number of carbonyl (C=O) groups excluding carboxylic acids is 5. The van der Waals surface area contributed by atoms with Gasteiger partial charge in [0, 0.05) is 45.9 Å². The number of benzene rings is 1. The third-order valence-corrected chi connectivity index (χ3v) is 7.70. The van der Waals surface area contributed by atoms with Gasteiger partial charge in [0.15, 0.2) is 12.2 Å². The highest BCUT2D eigenvalue weighted by atomic mass is 79.9. The largest absolute Gasteiger partial charge is 0.463 e. The van der Waals surface area contributed by atoms with Crippen molar-refractivity contribution in [2.45, 2.75) is 57.9 Å². The third-order valence-electron chi connectivity index (χ3n) is 5.75. The van der Waals surface area contributed by atoms with Gasteiger partial charge in [-0.3, -0.25) is 24.0 Å². The standard InChI is InChI=1S/C26H26BrClO11S/c1-12(29)35-11-19-23(36-13(2)30)24(37-14(3)31)25(38-15(4)32)26(34-5,39-19)16-6-7-18(28)17(10-16)22(33)20-8-9-21(27)40-20/h6-10,19,23-25H,11H2,1-5H3/t19?,23-,24?,25-,26?/m1/s1. The molecule has 11 nitrogen and oxygen atoms in total. The van der Waals surface area contributed by atoms with Crippen molar-refractivity contribution in [3.05, 3.63) is 55.1 Å². The van der Waals surface area contributed by atoms with E-state index in [0.717, 1.165) is 24.6 Å². The predicted octanol–water partition coefficient (Wildman–Crippen LogP) is 3.95. The molecule has 0 spiro atoms. The molecule has 2 heterocycles. The van der Waals surface area contributed by atoms with Crippen LogP contribution >= 0.6 is 38.9 Å². The fraction of sp³-hybridized carbons (Fsp3) is 0.423. The predicted molar refractivity (Wildman–Crippen MR) is 144 cm³/mol. The third kappa shape index (κ3) is 7.07. The van der Waals surface area contributed by atoms with Crippen molar-refractivity contribution in [1.82, 2.24) is 0 Å². The van der Waals surface area contributed by atoms with Gasteiger partial charge in [-0.25, -0.2) is 0 Å². The molecule has 0 amide bonds. The summed E-state index contributed by atoms with van der Waals surface area (Å²) in [7, 11) is 1.24. The van der Waals surface area contributed by atoms with Gasteiger partial charge in [0.05, 0.1) is 13.7 Å². The molecule has 3 unspecified atom stereocenters. The lowest BCUT2D eigenvalue weighted by Gasteiger charge is -2.50. The molecular weight excluding hydrogens is 636 g/mol. The maximum absolute atomic E-state index is 13.3. The highest BCUT2D eigenvalue weighted by Gasteiger charge is 2.61. The zero-order chi connectivity index (χ0) is 29.8. The Bertz CT molecular complexity index is 1310. The lowest BCUT2D eigenvalue weighted by molar-refractivity contribution is -0.367. The van der Waals surface area contributed by atoms with Gasteiger partial charge in [0.25, 0.3) is 0 Å². The van der Waals surface area contributed by atoms with Crippen LogP contribution in [0.1, 0.15) is 48.5 Å². The van der Waals surface area contributed by atoms with Gasteiger partial charge in [-0.15, -0.1) is 11.3 Å². The van der Waals surface area contributed by atoms with Crippen LogP contribution in [0, 0.1) is 0 Å². The van der Waals surface area contributed by atoms with Gasteiger partial charge in [-0.1, -0.05) is 17.7 Å². The Balaban J connectivity index is 2.24. The number of ketones is 1. The molecule has 1 saturated heterocycles. The van der Waals surface area contributed by atoms with Crippen LogP contribution in [0.15, 0.2) is 34.1 Å². The Morgan fingerprint density at radius 3 is 2.08 bits per heavy atom. The van der Waals surface area contributed by atoms with Gasteiger partial charge in [0.2, 0.25) is 17.7 Å². The van der Waals surface area contributed by atoms with Crippen LogP contribution in [0.25, 0.3) is 0 Å². The lowest BCUT2D eigenvalue weighted by Crippen LogP contribution is -2.67. The molecule has 14 heteroatoms. The summed E-state index contributed by atoms with van der Waals surface area (Å²) in [5.41, 5.74) is 0.230. The van der Waals surface area contributed by atoms with E-state index in [0.29, 0.717) is 4.88 Å². The first-order valence-corrected chi connectivity index (χ1v) is 13.8. The minimum atomic E-state index is -2.05. The van der Waals surface area contributed by atoms with Gasteiger partial charge in [0.1, 0.15) is 12.7 Å². The number of ether oxygens (including phenoxy) is 6. The normalized spacial score (nSPS) is 24.1. The maximum atomic E-state index is 13.3. The first kappa shape index (κ1) is 31.7. The number of rotatable bonds is 9. The molecule has 5 atom stereocenters. The molecule has 1 aromatic heterocycles. The van der Waals surface area contributed by atoms with E-state index in [1.807, 2.05) is 0 Å². The second kappa shape index (κ2) is 13.2. The SMILES string of the molecule is COC1(c2ccc(Cl)c(C(=O)c3ccc(Br)s3)c2)OC(COC(C)=O)[C@@H](OC(C)=O)C(OC(C)=O)[C@H]1OC(C)=O. The Morgan fingerprint density at radius 2 is 1.55 bits per heavy atom. The molecule has 1 fully saturated rings. The molecular formula is C26H26BrClO11S. The molecule has 1 aromatic carbocycles. The highest BCUT2D eigenvalue weighted by molar-refractivity contribution is 9.11. The minimum Gasteiger partial charge on any atom is -0.463 e. The van der Waals surface area contributed by atoms with Crippen molar-refractivity contribution in [2.75, 3.05) is 13.7 Å². The average Bonchev–Trinajstić information content (AvgIpc) is 3.31. The zero-order valence-electron chi connectivity index (χ0n) is 22.1. The van der Waals surface area contributed by atoms with E-state index >= 15 is 0 Å². The summed E-state index contributed by atoms with van der Waals surface area (Å²) in [4.78, 5) is 61.9. The molecule has 40 heavy (non-hydrogen) atoms. The van der Waals surface area contributed by atoms with E-state index in [2.05, 4.69) is 15.9 Å². The summed E-state index contributed by atoms with van der Waals surface area (Å²) < 4.78 is 34.5. The highest BCUT2D eigenvalue weighted by Crippen LogP contribution is 2.44. The van der Waals surface area contributed by atoms with Crippen LogP contribution in [-0.4, -0.2) is 67.8 Å². The number of thiophene rings is 1. The number of hydrogen-bond acceptors (Lipinski definition) is 12. The molecule has 0 aliphatic carbocycles. The topological polar surface area (TPSA) is 141 Å². The summed E-state index contributed by atoms with van der Waals surface area (Å²) in [6.07, 6.45) is -5.70. The van der Waals surface area contributed by atoms with Crippen molar-refractivity contribution >= 4 is 68.5 Å². The molecule has 0 N–H and O–H groups in total. The van der Waals surface area contributed by atoms with Crippen molar-refractivity contribution < 1.29 is 52.4 Å². The Kier molecular flexibility index (Phi) is 10.5. The van der Waals surface area contributed by atoms with Gasteiger partial charge in [-0.2, -0.15) is 0 Å². The van der Waals surface area contributed by atoms with E-state index in [9.17, 15) is 24.0 Å². The maximum Gasteiger partial charge on any atom is 0.303 e. The lowest BCUT2D eigenvalue weighted by atomic mass is 9.86. The van der Waals surface area contributed by atoms with Crippen LogP contribution in [-0.2, 0) is 53.4 Å². The number of carbonyl (C=O) groups is 5. The zero-order valence-corrected chi connectivity index (χ0v) is 25.2. The monoisotopic (exact) mass is 660 g/mol. The van der Waals surface area contributed by atoms with Crippen LogP contribution in [0.2, 0.25) is 5.02 Å². The van der Waals surface area contributed by atoms with E-state index in [1.165, 1.54) is 43.6 Å².